The van der Waals surface area contributed by atoms with Crippen LogP contribution in [-0.4, -0.2) is 23.5 Å². The van der Waals surface area contributed by atoms with E-state index in [1.807, 2.05) is 0 Å². The largest absolute Gasteiger partial charge is 0.322 e. The summed E-state index contributed by atoms with van der Waals surface area (Å²) in [6.45, 7) is 13.2. The lowest BCUT2D eigenvalue weighted by molar-refractivity contribution is 0.0625. The molecule has 2 heteroatoms. The zero-order valence-electron chi connectivity index (χ0n) is 13.2. The Balaban J connectivity index is 3.17. The fourth-order valence-corrected chi connectivity index (χ4v) is 3.36. The van der Waals surface area contributed by atoms with Gasteiger partial charge in [-0.05, 0) is 38.4 Å². The van der Waals surface area contributed by atoms with Crippen molar-refractivity contribution in [2.75, 3.05) is 13.1 Å². The zero-order chi connectivity index (χ0) is 14.5. The molecule has 0 bridgehead atoms. The first-order chi connectivity index (χ1) is 9.05. The summed E-state index contributed by atoms with van der Waals surface area (Å²) in [6, 6.07) is 8.72. The van der Waals surface area contributed by atoms with Gasteiger partial charge in [0.2, 0.25) is 0 Å². The third kappa shape index (κ3) is 3.18. The van der Waals surface area contributed by atoms with Crippen LogP contribution in [0.5, 0.6) is 0 Å². The molecule has 1 atom stereocenters. The van der Waals surface area contributed by atoms with Crippen LogP contribution in [0.1, 0.15) is 57.7 Å². The van der Waals surface area contributed by atoms with Gasteiger partial charge in [0.1, 0.15) is 0 Å². The second-order valence-corrected chi connectivity index (χ2v) is 5.37. The molecule has 0 aromatic heterocycles. The number of aryl methyl sites for hydroxylation is 1. The maximum absolute atomic E-state index is 6.67. The average Bonchev–Trinajstić information content (AvgIpc) is 2.44. The number of rotatable bonds is 7. The molecular formula is C17H30N2. The van der Waals surface area contributed by atoms with E-state index in [1.165, 1.54) is 11.1 Å². The molecule has 1 unspecified atom stereocenters. The number of nitrogens with two attached hydrogens (primary N) is 1. The summed E-state index contributed by atoms with van der Waals surface area (Å²) in [4.78, 5) is 2.53. The van der Waals surface area contributed by atoms with E-state index in [0.717, 1.165) is 25.9 Å². The van der Waals surface area contributed by atoms with Gasteiger partial charge < -0.3 is 5.73 Å². The van der Waals surface area contributed by atoms with Gasteiger partial charge >= 0.3 is 0 Å². The van der Waals surface area contributed by atoms with E-state index >= 15 is 0 Å². The fourth-order valence-electron chi connectivity index (χ4n) is 3.36. The van der Waals surface area contributed by atoms with Crippen molar-refractivity contribution in [2.24, 2.45) is 5.73 Å². The van der Waals surface area contributed by atoms with Crippen molar-refractivity contribution < 1.29 is 0 Å². The van der Waals surface area contributed by atoms with Crippen molar-refractivity contribution in [3.8, 4) is 0 Å². The molecule has 0 radical (unpaired) electrons. The lowest BCUT2D eigenvalue weighted by Gasteiger charge is -2.46. The molecule has 0 heterocycles. The fraction of sp³-hybridized carbons (Fsp3) is 0.647. The first kappa shape index (κ1) is 16.2. The Morgan fingerprint density at radius 2 is 1.68 bits per heavy atom. The summed E-state index contributed by atoms with van der Waals surface area (Å²) in [5.74, 6) is 0. The van der Waals surface area contributed by atoms with Gasteiger partial charge in [-0.15, -0.1) is 0 Å². The maximum atomic E-state index is 6.67. The number of benzene rings is 1. The molecule has 1 rings (SSSR count). The minimum atomic E-state index is 0.0668. The molecule has 1 aromatic carbocycles. The molecule has 19 heavy (non-hydrogen) atoms. The van der Waals surface area contributed by atoms with E-state index < -0.39 is 0 Å². The van der Waals surface area contributed by atoms with Gasteiger partial charge in [0.25, 0.3) is 0 Å². The van der Waals surface area contributed by atoms with E-state index in [-0.39, 0.29) is 11.6 Å². The van der Waals surface area contributed by atoms with E-state index in [9.17, 15) is 0 Å². The van der Waals surface area contributed by atoms with Gasteiger partial charge in [-0.25, -0.2) is 0 Å². The predicted octanol–water partition coefficient (Wildman–Crippen LogP) is 3.90. The van der Waals surface area contributed by atoms with Gasteiger partial charge in [0, 0.05) is 11.6 Å². The van der Waals surface area contributed by atoms with Crippen molar-refractivity contribution in [3.63, 3.8) is 0 Å². The third-order valence-electron chi connectivity index (χ3n) is 4.60. The zero-order valence-corrected chi connectivity index (χ0v) is 13.2. The number of hydrogen-bond acceptors (Lipinski definition) is 2. The monoisotopic (exact) mass is 262 g/mol. The maximum Gasteiger partial charge on any atom is 0.0482 e. The Morgan fingerprint density at radius 1 is 1.11 bits per heavy atom. The van der Waals surface area contributed by atoms with Crippen molar-refractivity contribution in [1.82, 2.24) is 4.90 Å². The van der Waals surface area contributed by atoms with Crippen LogP contribution in [0.25, 0.3) is 0 Å². The second kappa shape index (κ2) is 7.06. The standard InChI is InChI=1S/C17H30N2/c1-6-17(7-2,19(8-3)9-4)16(18)15-12-10-11-14(5)13-15/h10-13,16H,6-9,18H2,1-5H3. The summed E-state index contributed by atoms with van der Waals surface area (Å²) in [5, 5.41) is 0. The first-order valence-electron chi connectivity index (χ1n) is 7.62. The lowest BCUT2D eigenvalue weighted by atomic mass is 9.79. The molecule has 0 saturated carbocycles. The number of nitrogens with zero attached hydrogens (tertiary/aromatic N) is 1. The molecular weight excluding hydrogens is 232 g/mol. The molecule has 0 amide bonds. The second-order valence-electron chi connectivity index (χ2n) is 5.37. The Hall–Kier alpha value is -0.860. The number of hydrogen-bond donors (Lipinski definition) is 1. The summed E-state index contributed by atoms with van der Waals surface area (Å²) < 4.78 is 0. The van der Waals surface area contributed by atoms with Crippen molar-refractivity contribution in [3.05, 3.63) is 35.4 Å². The molecule has 0 aliphatic rings. The Morgan fingerprint density at radius 3 is 2.11 bits per heavy atom. The van der Waals surface area contributed by atoms with Gasteiger partial charge in [-0.1, -0.05) is 57.5 Å². The summed E-state index contributed by atoms with van der Waals surface area (Å²) in [6.07, 6.45) is 2.17. The Bertz CT molecular complexity index is 379. The average molecular weight is 262 g/mol. The minimum Gasteiger partial charge on any atom is -0.322 e. The van der Waals surface area contributed by atoms with E-state index in [1.54, 1.807) is 0 Å². The molecule has 0 fully saturated rings. The smallest absolute Gasteiger partial charge is 0.0482 e. The van der Waals surface area contributed by atoms with E-state index in [4.69, 9.17) is 5.73 Å². The van der Waals surface area contributed by atoms with Crippen molar-refractivity contribution in [1.29, 1.82) is 0 Å². The van der Waals surface area contributed by atoms with Crippen LogP contribution in [-0.2, 0) is 0 Å². The van der Waals surface area contributed by atoms with Crippen LogP contribution in [0, 0.1) is 6.92 Å². The molecule has 108 valence electrons. The van der Waals surface area contributed by atoms with Crippen molar-refractivity contribution in [2.45, 2.75) is 59.0 Å². The van der Waals surface area contributed by atoms with E-state index in [0.29, 0.717) is 0 Å². The van der Waals surface area contributed by atoms with Crippen LogP contribution >= 0.6 is 0 Å². The van der Waals surface area contributed by atoms with Crippen LogP contribution in [0.3, 0.4) is 0 Å². The molecule has 0 aliphatic heterocycles. The molecule has 2 nitrogen and oxygen atoms in total. The SMILES string of the molecule is CCN(CC)C(CC)(CC)C(N)c1cccc(C)c1. The van der Waals surface area contributed by atoms with Gasteiger partial charge in [0.05, 0.1) is 0 Å². The normalized spacial score (nSPS) is 13.8. The highest BCUT2D eigenvalue weighted by molar-refractivity contribution is 5.27. The molecule has 1 aromatic rings. The lowest BCUT2D eigenvalue weighted by Crippen LogP contribution is -2.54. The van der Waals surface area contributed by atoms with Gasteiger partial charge in [-0.3, -0.25) is 4.90 Å². The minimum absolute atomic E-state index is 0.0668. The van der Waals surface area contributed by atoms with Gasteiger partial charge in [-0.2, -0.15) is 0 Å². The van der Waals surface area contributed by atoms with Crippen LogP contribution in [0.15, 0.2) is 24.3 Å². The third-order valence-corrected chi connectivity index (χ3v) is 4.60. The van der Waals surface area contributed by atoms with Crippen LogP contribution < -0.4 is 5.73 Å². The highest BCUT2D eigenvalue weighted by atomic mass is 15.2. The summed E-state index contributed by atoms with van der Waals surface area (Å²) in [5.41, 5.74) is 9.29. The molecule has 0 saturated heterocycles. The molecule has 0 aliphatic carbocycles. The quantitative estimate of drug-likeness (QED) is 0.807. The summed E-state index contributed by atoms with van der Waals surface area (Å²) >= 11 is 0. The topological polar surface area (TPSA) is 29.3 Å². The van der Waals surface area contributed by atoms with E-state index in [2.05, 4.69) is 63.8 Å². The van der Waals surface area contributed by atoms with Crippen LogP contribution in [0.2, 0.25) is 0 Å². The Labute approximate surface area is 119 Å². The van der Waals surface area contributed by atoms with Gasteiger partial charge in [0.15, 0.2) is 0 Å². The number of likely N-dealkylation sites (N-methyl/N-ethyl adjacent to an activating group) is 1. The molecule has 0 spiro atoms. The first-order valence-corrected chi connectivity index (χ1v) is 7.62. The predicted molar refractivity (Wildman–Crippen MR) is 84.3 cm³/mol. The highest BCUT2D eigenvalue weighted by Crippen LogP contribution is 2.35. The highest BCUT2D eigenvalue weighted by Gasteiger charge is 2.38. The van der Waals surface area contributed by atoms with Crippen molar-refractivity contribution >= 4 is 0 Å². The summed E-state index contributed by atoms with van der Waals surface area (Å²) in [7, 11) is 0. The molecule has 2 N–H and O–H groups in total. The Kier molecular flexibility index (Phi) is 6.02. The van der Waals surface area contributed by atoms with Crippen LogP contribution in [0.4, 0.5) is 0 Å².